The standard InChI is InChI=1S/C16H21FN4/c1-4-7-14-20-15(18-5-2)11(3)16(21-14)19-13-9-6-8-12(17)10-13/h6,8-10H,4-5,7H2,1-3H3,(H2,18,19,20,21). The third-order valence-corrected chi connectivity index (χ3v) is 3.10. The van der Waals surface area contributed by atoms with Crippen molar-refractivity contribution in [3.8, 4) is 0 Å². The van der Waals surface area contributed by atoms with Gasteiger partial charge < -0.3 is 10.6 Å². The molecule has 112 valence electrons. The Labute approximate surface area is 124 Å². The summed E-state index contributed by atoms with van der Waals surface area (Å²) in [5.41, 5.74) is 1.61. The molecule has 0 saturated carbocycles. The van der Waals surface area contributed by atoms with Gasteiger partial charge in [-0.15, -0.1) is 0 Å². The summed E-state index contributed by atoms with van der Waals surface area (Å²) in [6, 6.07) is 6.36. The molecule has 0 aliphatic rings. The fraction of sp³-hybridized carbons (Fsp3) is 0.375. The second-order valence-electron chi connectivity index (χ2n) is 4.88. The van der Waals surface area contributed by atoms with Gasteiger partial charge in [-0.05, 0) is 38.5 Å². The normalized spacial score (nSPS) is 10.5. The number of rotatable bonds is 6. The zero-order chi connectivity index (χ0) is 15.2. The number of nitrogens with zero attached hydrogens (tertiary/aromatic N) is 2. The first-order chi connectivity index (χ1) is 10.1. The summed E-state index contributed by atoms with van der Waals surface area (Å²) in [5.74, 6) is 2.07. The maximum absolute atomic E-state index is 13.3. The zero-order valence-corrected chi connectivity index (χ0v) is 12.7. The number of aromatic nitrogens is 2. The number of halogens is 1. The number of aryl methyl sites for hydroxylation is 1. The summed E-state index contributed by atoms with van der Waals surface area (Å²) < 4.78 is 13.3. The molecule has 0 atom stereocenters. The highest BCUT2D eigenvalue weighted by atomic mass is 19.1. The Hall–Kier alpha value is -2.17. The van der Waals surface area contributed by atoms with E-state index in [9.17, 15) is 4.39 Å². The van der Waals surface area contributed by atoms with Crippen molar-refractivity contribution in [2.75, 3.05) is 17.2 Å². The van der Waals surface area contributed by atoms with Gasteiger partial charge in [0.25, 0.3) is 0 Å². The van der Waals surface area contributed by atoms with E-state index in [0.717, 1.165) is 42.4 Å². The average molecular weight is 288 g/mol. The van der Waals surface area contributed by atoms with E-state index in [1.165, 1.54) is 12.1 Å². The molecule has 4 nitrogen and oxygen atoms in total. The molecule has 21 heavy (non-hydrogen) atoms. The van der Waals surface area contributed by atoms with Gasteiger partial charge in [0.2, 0.25) is 0 Å². The van der Waals surface area contributed by atoms with Gasteiger partial charge >= 0.3 is 0 Å². The van der Waals surface area contributed by atoms with Crippen LogP contribution in [-0.4, -0.2) is 16.5 Å². The Balaban J connectivity index is 2.36. The molecule has 0 aliphatic carbocycles. The van der Waals surface area contributed by atoms with Crippen molar-refractivity contribution in [3.05, 3.63) is 41.5 Å². The van der Waals surface area contributed by atoms with E-state index in [-0.39, 0.29) is 5.82 Å². The van der Waals surface area contributed by atoms with E-state index in [0.29, 0.717) is 5.69 Å². The number of nitrogens with one attached hydrogen (secondary N) is 2. The number of hydrogen-bond donors (Lipinski definition) is 2. The Morgan fingerprint density at radius 3 is 2.57 bits per heavy atom. The van der Waals surface area contributed by atoms with Crippen LogP contribution in [0.5, 0.6) is 0 Å². The molecular weight excluding hydrogens is 267 g/mol. The largest absolute Gasteiger partial charge is 0.370 e. The molecule has 1 aromatic heterocycles. The number of anilines is 3. The number of hydrogen-bond acceptors (Lipinski definition) is 4. The summed E-state index contributed by atoms with van der Waals surface area (Å²) in [6.45, 7) is 6.87. The van der Waals surface area contributed by atoms with Crippen LogP contribution in [0.4, 0.5) is 21.7 Å². The first kappa shape index (κ1) is 15.2. The molecule has 0 amide bonds. The molecule has 0 radical (unpaired) electrons. The van der Waals surface area contributed by atoms with Crippen molar-refractivity contribution < 1.29 is 4.39 Å². The van der Waals surface area contributed by atoms with Gasteiger partial charge in [0, 0.05) is 24.2 Å². The summed E-state index contributed by atoms with van der Waals surface area (Å²) in [5, 5.41) is 6.43. The quantitative estimate of drug-likeness (QED) is 0.842. The fourth-order valence-electron chi connectivity index (χ4n) is 2.06. The van der Waals surface area contributed by atoms with Gasteiger partial charge in [0.15, 0.2) is 0 Å². The van der Waals surface area contributed by atoms with Gasteiger partial charge in [0.1, 0.15) is 23.3 Å². The van der Waals surface area contributed by atoms with E-state index < -0.39 is 0 Å². The van der Waals surface area contributed by atoms with Crippen LogP contribution < -0.4 is 10.6 Å². The van der Waals surface area contributed by atoms with Crippen molar-refractivity contribution in [2.24, 2.45) is 0 Å². The molecule has 2 rings (SSSR count). The van der Waals surface area contributed by atoms with Gasteiger partial charge in [-0.2, -0.15) is 0 Å². The van der Waals surface area contributed by atoms with Crippen LogP contribution in [0.2, 0.25) is 0 Å². The van der Waals surface area contributed by atoms with Crippen molar-refractivity contribution >= 4 is 17.3 Å². The molecule has 0 saturated heterocycles. The van der Waals surface area contributed by atoms with Crippen molar-refractivity contribution in [1.82, 2.24) is 9.97 Å². The minimum absolute atomic E-state index is 0.271. The van der Waals surface area contributed by atoms with Crippen LogP contribution in [0, 0.1) is 12.7 Å². The van der Waals surface area contributed by atoms with Crippen LogP contribution in [-0.2, 0) is 6.42 Å². The highest BCUT2D eigenvalue weighted by molar-refractivity contribution is 5.64. The fourth-order valence-corrected chi connectivity index (χ4v) is 2.06. The van der Waals surface area contributed by atoms with Crippen LogP contribution in [0.1, 0.15) is 31.7 Å². The van der Waals surface area contributed by atoms with E-state index in [4.69, 9.17) is 0 Å². The zero-order valence-electron chi connectivity index (χ0n) is 12.7. The first-order valence-corrected chi connectivity index (χ1v) is 7.28. The van der Waals surface area contributed by atoms with E-state index in [1.54, 1.807) is 6.07 Å². The van der Waals surface area contributed by atoms with Gasteiger partial charge in [0.05, 0.1) is 0 Å². The van der Waals surface area contributed by atoms with E-state index >= 15 is 0 Å². The first-order valence-electron chi connectivity index (χ1n) is 7.28. The molecule has 1 heterocycles. The Kier molecular flexibility index (Phi) is 5.09. The van der Waals surface area contributed by atoms with Crippen LogP contribution in [0.3, 0.4) is 0 Å². The molecule has 5 heteroatoms. The summed E-state index contributed by atoms with van der Waals surface area (Å²) in [4.78, 5) is 9.08. The van der Waals surface area contributed by atoms with E-state index in [2.05, 4.69) is 27.5 Å². The molecule has 2 aromatic rings. The molecule has 2 N–H and O–H groups in total. The SMILES string of the molecule is CCCc1nc(NCC)c(C)c(Nc2cccc(F)c2)n1. The molecule has 0 aliphatic heterocycles. The Morgan fingerprint density at radius 2 is 1.90 bits per heavy atom. The lowest BCUT2D eigenvalue weighted by atomic mass is 10.2. The lowest BCUT2D eigenvalue weighted by Crippen LogP contribution is -2.09. The smallest absolute Gasteiger partial charge is 0.139 e. The monoisotopic (exact) mass is 288 g/mol. The van der Waals surface area contributed by atoms with Gasteiger partial charge in [-0.25, -0.2) is 14.4 Å². The van der Waals surface area contributed by atoms with Crippen molar-refractivity contribution in [3.63, 3.8) is 0 Å². The maximum atomic E-state index is 13.3. The summed E-state index contributed by atoms with van der Waals surface area (Å²) in [7, 11) is 0. The third kappa shape index (κ3) is 3.90. The summed E-state index contributed by atoms with van der Waals surface area (Å²) >= 11 is 0. The topological polar surface area (TPSA) is 49.8 Å². The van der Waals surface area contributed by atoms with Crippen LogP contribution in [0.25, 0.3) is 0 Å². The molecule has 0 spiro atoms. The lowest BCUT2D eigenvalue weighted by molar-refractivity contribution is 0.628. The number of benzene rings is 1. The Morgan fingerprint density at radius 1 is 1.14 bits per heavy atom. The second kappa shape index (κ2) is 7.02. The molecule has 0 unspecified atom stereocenters. The lowest BCUT2D eigenvalue weighted by Gasteiger charge is -2.14. The predicted octanol–water partition coefficient (Wildman–Crippen LogP) is 4.05. The summed E-state index contributed by atoms with van der Waals surface area (Å²) in [6.07, 6.45) is 1.80. The minimum atomic E-state index is -0.271. The Bertz CT molecular complexity index is 613. The predicted molar refractivity (Wildman–Crippen MR) is 84.6 cm³/mol. The van der Waals surface area contributed by atoms with Gasteiger partial charge in [-0.3, -0.25) is 0 Å². The molecule has 0 bridgehead atoms. The van der Waals surface area contributed by atoms with Crippen LogP contribution in [0.15, 0.2) is 24.3 Å². The molecule has 0 fully saturated rings. The van der Waals surface area contributed by atoms with Crippen molar-refractivity contribution in [2.45, 2.75) is 33.6 Å². The third-order valence-electron chi connectivity index (χ3n) is 3.10. The van der Waals surface area contributed by atoms with E-state index in [1.807, 2.05) is 19.9 Å². The second-order valence-corrected chi connectivity index (χ2v) is 4.88. The average Bonchev–Trinajstić information content (AvgIpc) is 2.44. The van der Waals surface area contributed by atoms with Crippen LogP contribution >= 0.6 is 0 Å². The highest BCUT2D eigenvalue weighted by Gasteiger charge is 2.10. The molecular formula is C16H21FN4. The van der Waals surface area contributed by atoms with Crippen molar-refractivity contribution in [1.29, 1.82) is 0 Å². The molecule has 1 aromatic carbocycles. The highest BCUT2D eigenvalue weighted by Crippen LogP contribution is 2.24. The minimum Gasteiger partial charge on any atom is -0.370 e. The maximum Gasteiger partial charge on any atom is 0.139 e. The van der Waals surface area contributed by atoms with Gasteiger partial charge in [-0.1, -0.05) is 13.0 Å².